The molecule has 1 aromatic heterocycles. The number of benzene rings is 1. The van der Waals surface area contributed by atoms with E-state index in [-0.39, 0.29) is 36.1 Å². The number of para-hydroxylation sites is 1. The molecule has 3 atom stereocenters. The molecule has 2 heterocycles. The number of fused-ring (bicyclic) bond motifs is 2. The lowest BCUT2D eigenvalue weighted by molar-refractivity contribution is -0.158. The van der Waals surface area contributed by atoms with Crippen LogP contribution in [0.15, 0.2) is 35.4 Å². The van der Waals surface area contributed by atoms with Crippen molar-refractivity contribution in [1.29, 1.82) is 0 Å². The van der Waals surface area contributed by atoms with E-state index in [1.165, 1.54) is 10.9 Å². The first-order valence-electron chi connectivity index (χ1n) is 9.17. The zero-order valence-corrected chi connectivity index (χ0v) is 14.6. The number of aromatic nitrogens is 2. The van der Waals surface area contributed by atoms with Gasteiger partial charge in [0.1, 0.15) is 0 Å². The monoisotopic (exact) mass is 357 g/mol. The number of carbonyl (C=O) groups excluding carboxylic acids is 1. The molecule has 1 N–H and O–H groups in total. The van der Waals surface area contributed by atoms with Gasteiger partial charge in [0.2, 0.25) is 5.91 Å². The summed E-state index contributed by atoms with van der Waals surface area (Å²) in [5.41, 5.74) is 0.557. The maximum Gasteiger partial charge on any atom is 0.261 e. The molecular weight excluding hydrogens is 334 g/mol. The van der Waals surface area contributed by atoms with Gasteiger partial charge in [-0.2, -0.15) is 0 Å². The van der Waals surface area contributed by atoms with E-state index >= 15 is 0 Å². The van der Waals surface area contributed by atoms with E-state index in [9.17, 15) is 9.59 Å². The van der Waals surface area contributed by atoms with Gasteiger partial charge in [0.15, 0.2) is 0 Å². The molecule has 2 aromatic rings. The first kappa shape index (κ1) is 17.2. The molecule has 4 rings (SSSR count). The fourth-order valence-electron chi connectivity index (χ4n) is 3.78. The van der Waals surface area contributed by atoms with Crippen molar-refractivity contribution in [2.75, 3.05) is 13.2 Å². The number of aryl methyl sites for hydroxylation is 1. The Kier molecular flexibility index (Phi) is 4.99. The molecular formula is C19H23N3O4. The van der Waals surface area contributed by atoms with Crippen molar-refractivity contribution in [3.63, 3.8) is 0 Å². The summed E-state index contributed by atoms with van der Waals surface area (Å²) < 4.78 is 13.0. The van der Waals surface area contributed by atoms with E-state index < -0.39 is 0 Å². The van der Waals surface area contributed by atoms with E-state index in [0.717, 1.165) is 19.3 Å². The SMILES string of the molecule is O=C(CCn1cnc2ccccc2c1=O)N[C@@H]1CC[C@@H]2OCCO[C@@H]2C1. The van der Waals surface area contributed by atoms with Crippen molar-refractivity contribution in [1.82, 2.24) is 14.9 Å². The van der Waals surface area contributed by atoms with Gasteiger partial charge in [-0.05, 0) is 31.4 Å². The smallest absolute Gasteiger partial charge is 0.261 e. The minimum Gasteiger partial charge on any atom is -0.373 e. The van der Waals surface area contributed by atoms with Gasteiger partial charge >= 0.3 is 0 Å². The third-order valence-corrected chi connectivity index (χ3v) is 5.15. The molecule has 0 unspecified atom stereocenters. The van der Waals surface area contributed by atoms with Gasteiger partial charge in [0.05, 0.1) is 42.7 Å². The van der Waals surface area contributed by atoms with Crippen molar-refractivity contribution in [3.8, 4) is 0 Å². The van der Waals surface area contributed by atoms with Crippen molar-refractivity contribution in [2.45, 2.75) is 50.5 Å². The highest BCUT2D eigenvalue weighted by Crippen LogP contribution is 2.26. The molecule has 1 aliphatic heterocycles. The Bertz CT molecular complexity index is 850. The number of hydrogen-bond donors (Lipinski definition) is 1. The Morgan fingerprint density at radius 3 is 2.88 bits per heavy atom. The van der Waals surface area contributed by atoms with Gasteiger partial charge in [-0.25, -0.2) is 4.98 Å². The van der Waals surface area contributed by atoms with Gasteiger partial charge in [0.25, 0.3) is 5.56 Å². The molecule has 138 valence electrons. The van der Waals surface area contributed by atoms with Crippen LogP contribution in [0.1, 0.15) is 25.7 Å². The third-order valence-electron chi connectivity index (χ3n) is 5.15. The summed E-state index contributed by atoms with van der Waals surface area (Å²) in [5, 5.41) is 3.64. The molecule has 26 heavy (non-hydrogen) atoms. The zero-order valence-electron chi connectivity index (χ0n) is 14.6. The number of ether oxygens (including phenoxy) is 2. The normalized spacial score (nSPS) is 25.6. The minimum absolute atomic E-state index is 0.0507. The molecule has 1 aromatic carbocycles. The predicted octanol–water partition coefficient (Wildman–Crippen LogP) is 1.24. The van der Waals surface area contributed by atoms with Crippen LogP contribution in [0.2, 0.25) is 0 Å². The lowest BCUT2D eigenvalue weighted by Gasteiger charge is -2.39. The van der Waals surface area contributed by atoms with Crippen molar-refractivity contribution in [2.24, 2.45) is 0 Å². The van der Waals surface area contributed by atoms with Crippen molar-refractivity contribution in [3.05, 3.63) is 40.9 Å². The highest BCUT2D eigenvalue weighted by Gasteiger charge is 2.34. The standard InChI is InChI=1S/C19H23N3O4/c23-18(21-13-5-6-16-17(11-13)26-10-9-25-16)7-8-22-12-20-15-4-2-1-3-14(15)19(22)24/h1-4,12-13,16-17H,5-11H2,(H,21,23)/t13-,16+,17-/m1/s1. The fourth-order valence-corrected chi connectivity index (χ4v) is 3.78. The predicted molar refractivity (Wildman–Crippen MR) is 95.9 cm³/mol. The maximum atomic E-state index is 12.4. The fraction of sp³-hybridized carbons (Fsp3) is 0.526. The molecule has 1 saturated carbocycles. The molecule has 2 aliphatic rings. The van der Waals surface area contributed by atoms with Crippen molar-refractivity contribution >= 4 is 16.8 Å². The van der Waals surface area contributed by atoms with Crippen LogP contribution in [0.5, 0.6) is 0 Å². The molecule has 0 bridgehead atoms. The summed E-state index contributed by atoms with van der Waals surface area (Å²) in [7, 11) is 0. The lowest BCUT2D eigenvalue weighted by Crippen LogP contribution is -2.49. The summed E-state index contributed by atoms with van der Waals surface area (Å²) in [4.78, 5) is 29.0. The van der Waals surface area contributed by atoms with Gasteiger partial charge in [-0.3, -0.25) is 14.2 Å². The van der Waals surface area contributed by atoms with Crippen LogP contribution in [-0.4, -0.2) is 46.9 Å². The van der Waals surface area contributed by atoms with E-state index in [0.29, 0.717) is 30.7 Å². The Labute approximate surface area is 151 Å². The maximum absolute atomic E-state index is 12.4. The van der Waals surface area contributed by atoms with Crippen LogP contribution in [-0.2, 0) is 20.8 Å². The first-order valence-corrected chi connectivity index (χ1v) is 9.17. The first-order chi connectivity index (χ1) is 12.7. The Morgan fingerprint density at radius 1 is 1.19 bits per heavy atom. The molecule has 7 nitrogen and oxygen atoms in total. The number of nitrogens with zero attached hydrogens (tertiary/aromatic N) is 2. The van der Waals surface area contributed by atoms with Crippen LogP contribution < -0.4 is 10.9 Å². The van der Waals surface area contributed by atoms with Crippen LogP contribution in [0.3, 0.4) is 0 Å². The molecule has 0 spiro atoms. The summed E-state index contributed by atoms with van der Waals surface area (Å²) in [6, 6.07) is 7.34. The van der Waals surface area contributed by atoms with Crippen LogP contribution in [0, 0.1) is 0 Å². The Morgan fingerprint density at radius 2 is 2.00 bits per heavy atom. The van der Waals surface area contributed by atoms with E-state index in [4.69, 9.17) is 9.47 Å². The third kappa shape index (κ3) is 3.64. The van der Waals surface area contributed by atoms with E-state index in [1.807, 2.05) is 12.1 Å². The number of amides is 1. The minimum atomic E-state index is -0.114. The zero-order chi connectivity index (χ0) is 17.9. The summed E-state index contributed by atoms with van der Waals surface area (Å²) in [6.45, 7) is 1.60. The van der Waals surface area contributed by atoms with Crippen LogP contribution >= 0.6 is 0 Å². The van der Waals surface area contributed by atoms with Gasteiger partial charge in [0, 0.05) is 19.0 Å². The highest BCUT2D eigenvalue weighted by molar-refractivity contribution is 5.77. The van der Waals surface area contributed by atoms with E-state index in [2.05, 4.69) is 10.3 Å². The van der Waals surface area contributed by atoms with Gasteiger partial charge in [-0.15, -0.1) is 0 Å². The van der Waals surface area contributed by atoms with Crippen LogP contribution in [0.25, 0.3) is 10.9 Å². The average Bonchev–Trinajstić information content (AvgIpc) is 2.67. The quantitative estimate of drug-likeness (QED) is 0.890. The largest absolute Gasteiger partial charge is 0.373 e. The average molecular weight is 357 g/mol. The Hall–Kier alpha value is -2.25. The molecule has 1 amide bonds. The van der Waals surface area contributed by atoms with Gasteiger partial charge < -0.3 is 14.8 Å². The van der Waals surface area contributed by atoms with Crippen molar-refractivity contribution < 1.29 is 14.3 Å². The second-order valence-corrected chi connectivity index (χ2v) is 6.91. The number of rotatable bonds is 4. The second kappa shape index (κ2) is 7.55. The molecule has 2 fully saturated rings. The summed E-state index contributed by atoms with van der Waals surface area (Å²) in [5.74, 6) is -0.0507. The van der Waals surface area contributed by atoms with Crippen LogP contribution in [0.4, 0.5) is 0 Å². The second-order valence-electron chi connectivity index (χ2n) is 6.91. The number of carbonyl (C=O) groups is 1. The summed E-state index contributed by atoms with van der Waals surface area (Å²) >= 11 is 0. The molecule has 1 aliphatic carbocycles. The molecule has 1 saturated heterocycles. The molecule has 7 heteroatoms. The number of nitrogens with one attached hydrogen (secondary N) is 1. The van der Waals surface area contributed by atoms with E-state index in [1.54, 1.807) is 12.1 Å². The Balaban J connectivity index is 1.33. The summed E-state index contributed by atoms with van der Waals surface area (Å²) in [6.07, 6.45) is 4.60. The number of hydrogen-bond acceptors (Lipinski definition) is 5. The highest BCUT2D eigenvalue weighted by atomic mass is 16.6. The topological polar surface area (TPSA) is 82.5 Å². The lowest BCUT2D eigenvalue weighted by atomic mass is 9.89. The van der Waals surface area contributed by atoms with Gasteiger partial charge in [-0.1, -0.05) is 12.1 Å². The molecule has 0 radical (unpaired) electrons.